The second-order valence-corrected chi connectivity index (χ2v) is 6.97. The van der Waals surface area contributed by atoms with Crippen LogP contribution in [-0.4, -0.2) is 42.6 Å². The lowest BCUT2D eigenvalue weighted by Gasteiger charge is -2.18. The number of ether oxygens (including phenoxy) is 4. The normalized spacial score (nSPS) is 13.5. The van der Waals surface area contributed by atoms with Crippen molar-refractivity contribution in [1.82, 2.24) is 0 Å². The van der Waals surface area contributed by atoms with Crippen molar-refractivity contribution in [2.24, 2.45) is 11.7 Å². The highest BCUT2D eigenvalue weighted by Gasteiger charge is 2.21. The second kappa shape index (κ2) is 11.9. The summed E-state index contributed by atoms with van der Waals surface area (Å²) in [5.41, 5.74) is 6.47. The van der Waals surface area contributed by atoms with Gasteiger partial charge in [-0.25, -0.2) is 0 Å². The minimum atomic E-state index is -0.993. The molecule has 0 aliphatic carbocycles. The molecule has 9 heteroatoms. The Balaban J connectivity index is 2.69. The van der Waals surface area contributed by atoms with Gasteiger partial charge in [0.05, 0.1) is 5.92 Å². The molecule has 3 atom stereocenters. The molecule has 0 spiro atoms. The highest BCUT2D eigenvalue weighted by Crippen LogP contribution is 2.29. The third kappa shape index (κ3) is 8.60. The molecule has 0 bridgehead atoms. The predicted molar refractivity (Wildman–Crippen MR) is 107 cm³/mol. The third-order valence-electron chi connectivity index (χ3n) is 4.07. The van der Waals surface area contributed by atoms with Gasteiger partial charge in [-0.05, 0) is 37.5 Å². The molecule has 0 saturated carbocycles. The molecular formula is C21H29NO8. The first-order chi connectivity index (χ1) is 14.0. The molecule has 0 radical (unpaired) electrons. The fraction of sp³-hybridized carbons (Fsp3) is 0.524. The lowest BCUT2D eigenvalue weighted by molar-refractivity contribution is -0.161. The summed E-state index contributed by atoms with van der Waals surface area (Å²) in [7, 11) is 0. The van der Waals surface area contributed by atoms with Crippen molar-refractivity contribution in [2.75, 3.05) is 6.61 Å². The van der Waals surface area contributed by atoms with E-state index in [0.717, 1.165) is 0 Å². The molecule has 1 aromatic carbocycles. The summed E-state index contributed by atoms with van der Waals surface area (Å²) in [5, 5.41) is 0. The smallest absolute Gasteiger partial charge is 0.323 e. The van der Waals surface area contributed by atoms with Crippen LogP contribution in [0.5, 0.6) is 11.5 Å². The zero-order valence-corrected chi connectivity index (χ0v) is 17.9. The Bertz CT molecular complexity index is 776. The number of hydrogen-bond donors (Lipinski definition) is 1. The zero-order chi connectivity index (χ0) is 22.8. The van der Waals surface area contributed by atoms with E-state index in [1.807, 2.05) is 6.92 Å². The van der Waals surface area contributed by atoms with Crippen LogP contribution in [0.25, 0.3) is 0 Å². The van der Waals surface area contributed by atoms with Crippen LogP contribution in [0.1, 0.15) is 46.6 Å². The van der Waals surface area contributed by atoms with Crippen LogP contribution in [0.3, 0.4) is 0 Å². The summed E-state index contributed by atoms with van der Waals surface area (Å²) in [6.45, 7) is 7.58. The van der Waals surface area contributed by atoms with Crippen molar-refractivity contribution < 1.29 is 38.1 Å². The summed E-state index contributed by atoms with van der Waals surface area (Å²) in [5.74, 6) is -2.29. The molecule has 0 saturated heterocycles. The molecule has 1 rings (SSSR count). The van der Waals surface area contributed by atoms with Crippen LogP contribution < -0.4 is 15.2 Å². The first-order valence-electron chi connectivity index (χ1n) is 9.65. The third-order valence-corrected chi connectivity index (χ3v) is 4.07. The van der Waals surface area contributed by atoms with Gasteiger partial charge in [0.15, 0.2) is 11.5 Å². The Morgan fingerprint density at radius 2 is 1.57 bits per heavy atom. The van der Waals surface area contributed by atoms with E-state index < -0.39 is 30.1 Å². The second-order valence-electron chi connectivity index (χ2n) is 6.97. The molecule has 0 aliphatic heterocycles. The van der Waals surface area contributed by atoms with Gasteiger partial charge in [0.1, 0.15) is 18.8 Å². The number of carbonyl (C=O) groups is 4. The van der Waals surface area contributed by atoms with Gasteiger partial charge in [-0.2, -0.15) is 0 Å². The average Bonchev–Trinajstić information content (AvgIpc) is 2.66. The van der Waals surface area contributed by atoms with Gasteiger partial charge >= 0.3 is 23.9 Å². The predicted octanol–water partition coefficient (Wildman–Crippen LogP) is 1.93. The molecular weight excluding hydrogens is 394 g/mol. The highest BCUT2D eigenvalue weighted by molar-refractivity contribution is 5.76. The van der Waals surface area contributed by atoms with Crippen LogP contribution in [-0.2, 0) is 35.1 Å². The van der Waals surface area contributed by atoms with E-state index in [1.165, 1.54) is 26.0 Å². The minimum absolute atomic E-state index is 0.0429. The van der Waals surface area contributed by atoms with E-state index in [1.54, 1.807) is 19.9 Å². The highest BCUT2D eigenvalue weighted by atomic mass is 16.6. The summed E-state index contributed by atoms with van der Waals surface area (Å²) in [6, 6.07) is 3.51. The van der Waals surface area contributed by atoms with Crippen LogP contribution in [0.2, 0.25) is 0 Å². The summed E-state index contributed by atoms with van der Waals surface area (Å²) < 4.78 is 20.4. The van der Waals surface area contributed by atoms with Crippen LogP contribution in [0.4, 0.5) is 0 Å². The topological polar surface area (TPSA) is 131 Å². The van der Waals surface area contributed by atoms with Crippen LogP contribution in [0, 0.1) is 5.92 Å². The SMILES string of the molecule is CCC(C)C(=O)O[C@@H](C)COC(=O)[C@@H](N)Cc1ccc(OC(C)=O)c(OC(C)=O)c1. The molecule has 0 aromatic heterocycles. The number of benzene rings is 1. The van der Waals surface area contributed by atoms with E-state index in [0.29, 0.717) is 12.0 Å². The van der Waals surface area contributed by atoms with Crippen molar-refractivity contribution in [3.8, 4) is 11.5 Å². The number of carbonyl (C=O) groups excluding carboxylic acids is 4. The number of hydrogen-bond acceptors (Lipinski definition) is 9. The molecule has 166 valence electrons. The van der Waals surface area contributed by atoms with Gasteiger partial charge in [0.25, 0.3) is 0 Å². The molecule has 1 unspecified atom stereocenters. The Labute approximate surface area is 175 Å². The molecule has 9 nitrogen and oxygen atoms in total. The Kier molecular flexibility index (Phi) is 9.97. The Hall–Kier alpha value is -2.94. The fourth-order valence-electron chi connectivity index (χ4n) is 2.31. The molecule has 2 N–H and O–H groups in total. The molecule has 0 fully saturated rings. The standard InChI is InChI=1S/C21H29NO8/c1-6-12(2)20(25)28-13(3)11-27-21(26)17(22)9-16-7-8-18(29-14(4)23)19(10-16)30-15(5)24/h7-8,10,12-13,17H,6,9,11,22H2,1-5H3/t12?,13-,17-/m0/s1. The lowest BCUT2D eigenvalue weighted by atomic mass is 10.1. The van der Waals surface area contributed by atoms with Crippen molar-refractivity contribution in [2.45, 2.75) is 59.6 Å². The van der Waals surface area contributed by atoms with E-state index >= 15 is 0 Å². The maximum atomic E-state index is 12.2. The lowest BCUT2D eigenvalue weighted by Crippen LogP contribution is -2.36. The van der Waals surface area contributed by atoms with E-state index in [9.17, 15) is 19.2 Å². The maximum absolute atomic E-state index is 12.2. The van der Waals surface area contributed by atoms with Crippen molar-refractivity contribution >= 4 is 23.9 Å². The summed E-state index contributed by atoms with van der Waals surface area (Å²) in [4.78, 5) is 46.4. The van der Waals surface area contributed by atoms with E-state index in [2.05, 4.69) is 0 Å². The average molecular weight is 423 g/mol. The molecule has 0 amide bonds. The van der Waals surface area contributed by atoms with Gasteiger partial charge < -0.3 is 24.7 Å². The fourth-order valence-corrected chi connectivity index (χ4v) is 2.31. The quantitative estimate of drug-likeness (QED) is 0.443. The van der Waals surface area contributed by atoms with Gasteiger partial charge in [0, 0.05) is 13.8 Å². The molecule has 30 heavy (non-hydrogen) atoms. The van der Waals surface area contributed by atoms with E-state index in [4.69, 9.17) is 24.7 Å². The Morgan fingerprint density at radius 1 is 0.967 bits per heavy atom. The number of rotatable bonds is 10. The monoisotopic (exact) mass is 423 g/mol. The Morgan fingerprint density at radius 3 is 2.13 bits per heavy atom. The minimum Gasteiger partial charge on any atom is -0.461 e. The van der Waals surface area contributed by atoms with Gasteiger partial charge in [-0.1, -0.05) is 19.9 Å². The van der Waals surface area contributed by atoms with Crippen LogP contribution in [0.15, 0.2) is 18.2 Å². The van der Waals surface area contributed by atoms with Gasteiger partial charge in [0.2, 0.25) is 0 Å². The maximum Gasteiger partial charge on any atom is 0.323 e. The summed E-state index contributed by atoms with van der Waals surface area (Å²) in [6.07, 6.45) is 0.150. The molecule has 0 heterocycles. The molecule has 1 aromatic rings. The first-order valence-corrected chi connectivity index (χ1v) is 9.65. The van der Waals surface area contributed by atoms with Gasteiger partial charge in [-0.15, -0.1) is 0 Å². The van der Waals surface area contributed by atoms with Crippen molar-refractivity contribution in [3.05, 3.63) is 23.8 Å². The number of nitrogens with two attached hydrogens (primary N) is 1. The summed E-state index contributed by atoms with van der Waals surface area (Å²) >= 11 is 0. The van der Waals surface area contributed by atoms with E-state index in [-0.39, 0.29) is 36.4 Å². The zero-order valence-electron chi connectivity index (χ0n) is 17.9. The largest absolute Gasteiger partial charge is 0.461 e. The first kappa shape index (κ1) is 25.1. The number of esters is 4. The van der Waals surface area contributed by atoms with Crippen molar-refractivity contribution in [3.63, 3.8) is 0 Å². The van der Waals surface area contributed by atoms with Crippen LogP contribution >= 0.6 is 0 Å². The molecule has 0 aliphatic rings. The van der Waals surface area contributed by atoms with Gasteiger partial charge in [-0.3, -0.25) is 19.2 Å². The van der Waals surface area contributed by atoms with Crippen molar-refractivity contribution in [1.29, 1.82) is 0 Å².